The highest BCUT2D eigenvalue weighted by Gasteiger charge is 2.33. The Morgan fingerprint density at radius 2 is 1.89 bits per heavy atom. The molecule has 1 aromatic heterocycles. The topological polar surface area (TPSA) is 72.1 Å². The van der Waals surface area contributed by atoms with Crippen LogP contribution in [0.25, 0.3) is 11.0 Å². The molecule has 1 amide bonds. The van der Waals surface area contributed by atoms with Crippen LogP contribution in [0, 0.1) is 0 Å². The first kappa shape index (κ1) is 17.0. The average molecular weight is 362 g/mol. The van der Waals surface area contributed by atoms with Crippen LogP contribution in [0.5, 0.6) is 5.75 Å². The summed E-state index contributed by atoms with van der Waals surface area (Å²) in [4.78, 5) is 24.0. The zero-order chi connectivity index (χ0) is 19.0. The maximum Gasteiger partial charge on any atom is 0.336 e. The molecule has 1 aliphatic rings. The van der Waals surface area contributed by atoms with Crippen molar-refractivity contribution in [2.45, 2.75) is 19.4 Å². The van der Waals surface area contributed by atoms with E-state index < -0.39 is 5.63 Å². The Morgan fingerprint density at radius 3 is 2.59 bits per heavy atom. The standard InChI is InChI=1S/C21H18N2O4/c1-13(24)23-17(14-6-4-3-5-7-14)12-16(22-23)20-18(26-2)10-8-15-9-11-19(25)27-21(15)20/h3-11,17H,12H2,1-2H3. The number of amides is 1. The lowest BCUT2D eigenvalue weighted by Crippen LogP contribution is -2.24. The van der Waals surface area contributed by atoms with Gasteiger partial charge in [-0.15, -0.1) is 0 Å². The summed E-state index contributed by atoms with van der Waals surface area (Å²) in [5, 5.41) is 6.81. The second kappa shape index (κ2) is 6.72. The van der Waals surface area contributed by atoms with E-state index >= 15 is 0 Å². The van der Waals surface area contributed by atoms with Crippen molar-refractivity contribution in [1.82, 2.24) is 5.01 Å². The van der Waals surface area contributed by atoms with Crippen molar-refractivity contribution in [3.05, 3.63) is 76.1 Å². The van der Waals surface area contributed by atoms with Crippen LogP contribution in [0.2, 0.25) is 0 Å². The first-order valence-corrected chi connectivity index (χ1v) is 8.62. The fraction of sp³-hybridized carbons (Fsp3) is 0.190. The lowest BCUT2D eigenvalue weighted by atomic mass is 9.96. The summed E-state index contributed by atoms with van der Waals surface area (Å²) in [6.45, 7) is 1.49. The van der Waals surface area contributed by atoms with Gasteiger partial charge >= 0.3 is 5.63 Å². The molecular weight excluding hydrogens is 344 g/mol. The minimum Gasteiger partial charge on any atom is -0.496 e. The molecule has 1 unspecified atom stereocenters. The van der Waals surface area contributed by atoms with Crippen molar-refractivity contribution in [3.63, 3.8) is 0 Å². The molecule has 1 atom stereocenters. The fourth-order valence-corrected chi connectivity index (χ4v) is 3.44. The maximum atomic E-state index is 12.2. The second-order valence-corrected chi connectivity index (χ2v) is 6.36. The van der Waals surface area contributed by atoms with Gasteiger partial charge in [0.1, 0.15) is 5.75 Å². The van der Waals surface area contributed by atoms with Crippen LogP contribution >= 0.6 is 0 Å². The van der Waals surface area contributed by atoms with Gasteiger partial charge in [-0.3, -0.25) is 4.79 Å². The maximum absolute atomic E-state index is 12.2. The van der Waals surface area contributed by atoms with Crippen molar-refractivity contribution in [2.75, 3.05) is 7.11 Å². The Bertz CT molecular complexity index is 1100. The van der Waals surface area contributed by atoms with Crippen molar-refractivity contribution in [2.24, 2.45) is 5.10 Å². The number of hydrogen-bond donors (Lipinski definition) is 0. The number of nitrogens with zero attached hydrogens (tertiary/aromatic N) is 2. The largest absolute Gasteiger partial charge is 0.496 e. The summed E-state index contributed by atoms with van der Waals surface area (Å²) < 4.78 is 11.0. The number of rotatable bonds is 3. The van der Waals surface area contributed by atoms with E-state index in [0.717, 1.165) is 10.9 Å². The van der Waals surface area contributed by atoms with Crippen molar-refractivity contribution < 1.29 is 13.9 Å². The van der Waals surface area contributed by atoms with Crippen LogP contribution in [0.15, 0.2) is 68.9 Å². The third-order valence-electron chi connectivity index (χ3n) is 4.68. The smallest absolute Gasteiger partial charge is 0.336 e. The SMILES string of the molecule is COc1ccc2ccc(=O)oc2c1C1=NN(C(C)=O)C(c2ccccc2)C1. The van der Waals surface area contributed by atoms with Crippen molar-refractivity contribution in [3.8, 4) is 5.75 Å². The average Bonchev–Trinajstić information content (AvgIpc) is 3.13. The van der Waals surface area contributed by atoms with Gasteiger partial charge in [0.15, 0.2) is 5.58 Å². The number of fused-ring (bicyclic) bond motifs is 1. The lowest BCUT2D eigenvalue weighted by molar-refractivity contribution is -0.130. The third kappa shape index (κ3) is 2.99. The Balaban J connectivity index is 1.88. The Kier molecular flexibility index (Phi) is 4.24. The van der Waals surface area contributed by atoms with Gasteiger partial charge in [0.25, 0.3) is 0 Å². The molecule has 6 nitrogen and oxygen atoms in total. The summed E-state index contributed by atoms with van der Waals surface area (Å²) in [6, 6.07) is 16.3. The third-order valence-corrected chi connectivity index (χ3v) is 4.68. The molecule has 0 saturated heterocycles. The first-order chi connectivity index (χ1) is 13.1. The van der Waals surface area contributed by atoms with Crippen LogP contribution in [0.4, 0.5) is 0 Å². The van der Waals surface area contributed by atoms with Gasteiger partial charge in [0, 0.05) is 24.8 Å². The molecule has 136 valence electrons. The molecule has 4 rings (SSSR count). The van der Waals surface area contributed by atoms with E-state index in [2.05, 4.69) is 5.10 Å². The number of benzene rings is 2. The predicted molar refractivity (Wildman–Crippen MR) is 102 cm³/mol. The monoisotopic (exact) mass is 362 g/mol. The zero-order valence-corrected chi connectivity index (χ0v) is 15.0. The number of methoxy groups -OCH3 is 1. The van der Waals surface area contributed by atoms with Gasteiger partial charge in [-0.25, -0.2) is 9.80 Å². The van der Waals surface area contributed by atoms with Crippen LogP contribution in [-0.4, -0.2) is 23.7 Å². The molecular formula is C21H18N2O4. The molecule has 0 aliphatic carbocycles. The Morgan fingerprint density at radius 1 is 1.15 bits per heavy atom. The van der Waals surface area contributed by atoms with E-state index in [1.54, 1.807) is 13.2 Å². The normalized spacial score (nSPS) is 16.4. The van der Waals surface area contributed by atoms with Gasteiger partial charge in [-0.05, 0) is 23.8 Å². The molecule has 0 bridgehead atoms. The second-order valence-electron chi connectivity index (χ2n) is 6.36. The number of hydrazone groups is 1. The molecule has 0 fully saturated rings. The molecule has 0 radical (unpaired) electrons. The van der Waals surface area contributed by atoms with E-state index in [1.165, 1.54) is 18.0 Å². The molecule has 0 saturated carbocycles. The molecule has 2 heterocycles. The van der Waals surface area contributed by atoms with Gasteiger partial charge in [-0.1, -0.05) is 30.3 Å². The summed E-state index contributed by atoms with van der Waals surface area (Å²) in [7, 11) is 1.55. The van der Waals surface area contributed by atoms with E-state index in [0.29, 0.717) is 29.0 Å². The molecule has 27 heavy (non-hydrogen) atoms. The van der Waals surface area contributed by atoms with E-state index in [9.17, 15) is 9.59 Å². The van der Waals surface area contributed by atoms with Gasteiger partial charge < -0.3 is 9.15 Å². The molecule has 2 aromatic carbocycles. The van der Waals surface area contributed by atoms with E-state index in [1.807, 2.05) is 42.5 Å². The molecule has 0 spiro atoms. The van der Waals surface area contributed by atoms with E-state index in [4.69, 9.17) is 9.15 Å². The molecule has 6 heteroatoms. The number of hydrogen-bond acceptors (Lipinski definition) is 5. The summed E-state index contributed by atoms with van der Waals surface area (Å²) >= 11 is 0. The van der Waals surface area contributed by atoms with Crippen molar-refractivity contribution in [1.29, 1.82) is 0 Å². The summed E-state index contributed by atoms with van der Waals surface area (Å²) in [5.41, 5.74) is 2.22. The minimum atomic E-state index is -0.446. The summed E-state index contributed by atoms with van der Waals surface area (Å²) in [5.74, 6) is 0.396. The predicted octanol–water partition coefficient (Wildman–Crippen LogP) is 3.50. The van der Waals surface area contributed by atoms with Crippen LogP contribution in [-0.2, 0) is 4.79 Å². The minimum absolute atomic E-state index is 0.153. The highest BCUT2D eigenvalue weighted by molar-refractivity contribution is 6.12. The first-order valence-electron chi connectivity index (χ1n) is 8.62. The van der Waals surface area contributed by atoms with Crippen LogP contribution < -0.4 is 10.4 Å². The summed E-state index contributed by atoms with van der Waals surface area (Å²) in [6.07, 6.45) is 0.498. The molecule has 3 aromatic rings. The fourth-order valence-electron chi connectivity index (χ4n) is 3.44. The van der Waals surface area contributed by atoms with Crippen molar-refractivity contribution >= 4 is 22.6 Å². The van der Waals surface area contributed by atoms with E-state index in [-0.39, 0.29) is 11.9 Å². The quantitative estimate of drug-likeness (QED) is 0.669. The number of ether oxygens (including phenoxy) is 1. The van der Waals surface area contributed by atoms with Gasteiger partial charge in [-0.2, -0.15) is 5.10 Å². The zero-order valence-electron chi connectivity index (χ0n) is 15.0. The van der Waals surface area contributed by atoms with Crippen LogP contribution in [0.1, 0.15) is 30.5 Å². The highest BCUT2D eigenvalue weighted by atomic mass is 16.5. The van der Waals surface area contributed by atoms with Crippen LogP contribution in [0.3, 0.4) is 0 Å². The Labute approximate surface area is 155 Å². The van der Waals surface area contributed by atoms with Gasteiger partial charge in [0.05, 0.1) is 24.4 Å². The molecule has 0 N–H and O–H groups in total. The van der Waals surface area contributed by atoms with Gasteiger partial charge in [0.2, 0.25) is 5.91 Å². The lowest BCUT2D eigenvalue weighted by Gasteiger charge is -2.20. The number of carbonyl (C=O) groups is 1. The number of carbonyl (C=O) groups excluding carboxylic acids is 1. The highest BCUT2D eigenvalue weighted by Crippen LogP contribution is 2.37. The molecule has 1 aliphatic heterocycles. The Hall–Kier alpha value is -3.41.